The second kappa shape index (κ2) is 10.9. The van der Waals surface area contributed by atoms with Gasteiger partial charge in [0.2, 0.25) is 0 Å². The van der Waals surface area contributed by atoms with E-state index in [4.69, 9.17) is 26.4 Å². The Morgan fingerprint density at radius 1 is 1.22 bits per heavy atom. The molecule has 2 aromatic heterocycles. The van der Waals surface area contributed by atoms with Crippen molar-refractivity contribution in [3.05, 3.63) is 46.6 Å². The first-order valence-corrected chi connectivity index (χ1v) is 13.4. The van der Waals surface area contributed by atoms with Crippen molar-refractivity contribution in [3.8, 4) is 0 Å². The molecule has 3 N–H and O–H groups in total. The number of methoxy groups -OCH3 is 1. The summed E-state index contributed by atoms with van der Waals surface area (Å²) in [6.07, 6.45) is -0.495. The summed E-state index contributed by atoms with van der Waals surface area (Å²) in [4.78, 5) is 45.2. The minimum Gasteiger partial charge on any atom is -0.474 e. The van der Waals surface area contributed by atoms with Crippen LogP contribution in [0.25, 0.3) is 11.0 Å². The molecule has 16 heteroatoms. The summed E-state index contributed by atoms with van der Waals surface area (Å²) in [5.74, 6) is -0.497. The van der Waals surface area contributed by atoms with E-state index in [1.165, 1.54) is 24.3 Å². The number of hydrogen-bond donors (Lipinski definition) is 3. The van der Waals surface area contributed by atoms with Gasteiger partial charge in [-0.25, -0.2) is 23.6 Å². The molecule has 2 atom stereocenters. The Labute approximate surface area is 237 Å². The predicted octanol–water partition coefficient (Wildman–Crippen LogP) is 1.18. The summed E-state index contributed by atoms with van der Waals surface area (Å²) in [6, 6.07) is 6.17. The Morgan fingerprint density at radius 2 is 2.00 bits per heavy atom. The van der Waals surface area contributed by atoms with Crippen molar-refractivity contribution in [2.75, 3.05) is 55.0 Å². The number of nitrogens with zero attached hydrogens (tertiary/aromatic N) is 5. The number of ether oxygens (including phenoxy) is 3. The monoisotopic (exact) mass is 586 g/mol. The van der Waals surface area contributed by atoms with Crippen molar-refractivity contribution in [2.45, 2.75) is 25.4 Å². The van der Waals surface area contributed by atoms with Crippen LogP contribution in [0.2, 0.25) is 0 Å². The van der Waals surface area contributed by atoms with E-state index < -0.39 is 24.1 Å². The van der Waals surface area contributed by atoms with E-state index >= 15 is 4.39 Å². The smallest absolute Gasteiger partial charge is 0.414 e. The topological polar surface area (TPSA) is 154 Å². The number of aromatic nitrogens is 3. The van der Waals surface area contributed by atoms with Crippen LogP contribution in [0.15, 0.2) is 35.3 Å². The standard InChI is InChI=1S/C25H27FN8O6S/c1-38-24(41)29-11-16-13-32(25(37)39-16)15-2-3-19(18(26)9-15)31-4-6-33-21-17(22(35)34(33)7-5-31)8-14(10-28-21)30-23(36)40-20-12-27-20/h2-3,8-10,16,20,27H,4-7,11-13H2,1H3,(H,29,41)(H,30,36)/t16-,20?/m0/s1. The summed E-state index contributed by atoms with van der Waals surface area (Å²) in [6.45, 7) is 2.58. The molecule has 5 heterocycles. The average molecular weight is 587 g/mol. The van der Waals surface area contributed by atoms with E-state index in [9.17, 15) is 14.4 Å². The number of carbonyl (C=O) groups excluding carboxylic acids is 2. The minimum atomic E-state index is -0.629. The van der Waals surface area contributed by atoms with E-state index in [2.05, 4.69) is 20.9 Å². The van der Waals surface area contributed by atoms with Gasteiger partial charge in [-0.3, -0.25) is 25.0 Å². The molecule has 3 aliphatic heterocycles. The number of thiocarbonyl (C=S) groups is 1. The van der Waals surface area contributed by atoms with Gasteiger partial charge in [0, 0.05) is 19.6 Å². The van der Waals surface area contributed by atoms with E-state index in [-0.39, 0.29) is 30.1 Å². The Balaban J connectivity index is 1.14. The fourth-order valence-electron chi connectivity index (χ4n) is 4.92. The van der Waals surface area contributed by atoms with Crippen molar-refractivity contribution in [1.29, 1.82) is 0 Å². The normalized spacial score (nSPS) is 19.8. The van der Waals surface area contributed by atoms with Crippen LogP contribution in [-0.4, -0.2) is 83.9 Å². The molecule has 3 aliphatic rings. The third-order valence-electron chi connectivity index (χ3n) is 7.01. The van der Waals surface area contributed by atoms with Crippen LogP contribution in [0.3, 0.4) is 0 Å². The second-order valence-corrected chi connectivity index (χ2v) is 10.1. The van der Waals surface area contributed by atoms with Crippen LogP contribution in [0, 0.1) is 5.82 Å². The maximum Gasteiger partial charge on any atom is 0.414 e. The van der Waals surface area contributed by atoms with Gasteiger partial charge in [0.25, 0.3) is 10.7 Å². The number of nitrogens with one attached hydrogen (secondary N) is 3. The van der Waals surface area contributed by atoms with E-state index in [1.807, 2.05) is 4.90 Å². The van der Waals surface area contributed by atoms with Crippen LogP contribution < -0.4 is 31.3 Å². The predicted molar refractivity (Wildman–Crippen MR) is 150 cm³/mol. The van der Waals surface area contributed by atoms with Gasteiger partial charge >= 0.3 is 12.2 Å². The lowest BCUT2D eigenvalue weighted by Crippen LogP contribution is -2.34. The quantitative estimate of drug-likeness (QED) is 0.282. The summed E-state index contributed by atoms with van der Waals surface area (Å²) < 4.78 is 34.0. The van der Waals surface area contributed by atoms with Gasteiger partial charge in [0.05, 0.1) is 61.9 Å². The molecule has 14 nitrogen and oxygen atoms in total. The van der Waals surface area contributed by atoms with E-state index in [1.54, 1.807) is 27.6 Å². The number of pyridine rings is 1. The summed E-state index contributed by atoms with van der Waals surface area (Å²) in [5.41, 5.74) is 1.30. The zero-order valence-electron chi connectivity index (χ0n) is 22.0. The number of rotatable bonds is 6. The first kappa shape index (κ1) is 26.8. The molecule has 1 aromatic carbocycles. The molecule has 0 aliphatic carbocycles. The number of cyclic esters (lactones) is 1. The zero-order chi connectivity index (χ0) is 28.7. The fourth-order valence-corrected chi connectivity index (χ4v) is 5.00. The van der Waals surface area contributed by atoms with Crippen molar-refractivity contribution >= 4 is 57.7 Å². The van der Waals surface area contributed by atoms with Crippen LogP contribution >= 0.6 is 12.2 Å². The lowest BCUT2D eigenvalue weighted by atomic mass is 10.2. The number of benzene rings is 1. The molecule has 2 amide bonds. The summed E-state index contributed by atoms with van der Waals surface area (Å²) >= 11 is 4.94. The number of carbonyl (C=O) groups is 2. The van der Waals surface area contributed by atoms with Crippen molar-refractivity contribution < 1.29 is 28.2 Å². The van der Waals surface area contributed by atoms with Gasteiger partial charge in [0.15, 0.2) is 11.9 Å². The fraction of sp³-hybridized carbons (Fsp3) is 0.400. The highest BCUT2D eigenvalue weighted by molar-refractivity contribution is 7.80. The maximum absolute atomic E-state index is 15.4. The van der Waals surface area contributed by atoms with Crippen molar-refractivity contribution in [1.82, 2.24) is 25.0 Å². The van der Waals surface area contributed by atoms with Crippen LogP contribution in [0.4, 0.5) is 31.0 Å². The zero-order valence-corrected chi connectivity index (χ0v) is 22.8. The minimum absolute atomic E-state index is 0.190. The van der Waals surface area contributed by atoms with Gasteiger partial charge in [-0.1, -0.05) is 0 Å². The molecule has 3 aromatic rings. The SMILES string of the molecule is COC(=S)NC[C@H]1CN(c2ccc(N3CCn4c(=O)c5cc(NC(=O)OC6CN6)cnc5n4CC3)c(F)c2)C(=O)O1. The summed E-state index contributed by atoms with van der Waals surface area (Å²) in [5, 5.41) is 8.85. The highest BCUT2D eigenvalue weighted by atomic mass is 32.1. The molecule has 6 rings (SSSR count). The first-order valence-electron chi connectivity index (χ1n) is 13.0. The van der Waals surface area contributed by atoms with Gasteiger partial charge in [-0.15, -0.1) is 0 Å². The first-order chi connectivity index (χ1) is 19.8. The molecule has 2 fully saturated rings. The Morgan fingerprint density at radius 3 is 2.73 bits per heavy atom. The lowest BCUT2D eigenvalue weighted by molar-refractivity contribution is 0.142. The molecule has 0 saturated carbocycles. The molecule has 0 spiro atoms. The molecular weight excluding hydrogens is 559 g/mol. The number of amides is 2. The maximum atomic E-state index is 15.4. The van der Waals surface area contributed by atoms with Crippen LogP contribution in [0.5, 0.6) is 0 Å². The number of anilines is 3. The molecule has 0 bridgehead atoms. The van der Waals surface area contributed by atoms with E-state index in [0.717, 1.165) is 0 Å². The average Bonchev–Trinajstić information content (AvgIpc) is 3.68. The Kier molecular flexibility index (Phi) is 7.08. The van der Waals surface area contributed by atoms with Gasteiger partial charge in [-0.05, 0) is 36.5 Å². The molecule has 216 valence electrons. The van der Waals surface area contributed by atoms with Gasteiger partial charge in [0.1, 0.15) is 11.9 Å². The lowest BCUT2D eigenvalue weighted by Gasteiger charge is -2.23. The second-order valence-electron chi connectivity index (χ2n) is 9.69. The third kappa shape index (κ3) is 5.47. The summed E-state index contributed by atoms with van der Waals surface area (Å²) in [7, 11) is 1.44. The van der Waals surface area contributed by atoms with E-state index in [0.29, 0.717) is 60.8 Å². The van der Waals surface area contributed by atoms with Gasteiger partial charge in [-0.2, -0.15) is 0 Å². The number of halogens is 1. The largest absolute Gasteiger partial charge is 0.474 e. The molecule has 2 saturated heterocycles. The number of hydrogen-bond acceptors (Lipinski definition) is 10. The van der Waals surface area contributed by atoms with Crippen molar-refractivity contribution in [3.63, 3.8) is 0 Å². The number of fused-ring (bicyclic) bond motifs is 3. The molecule has 0 radical (unpaired) electrons. The third-order valence-corrected chi connectivity index (χ3v) is 7.33. The Bertz CT molecular complexity index is 1590. The molecule has 41 heavy (non-hydrogen) atoms. The van der Waals surface area contributed by atoms with Crippen LogP contribution in [0.1, 0.15) is 0 Å². The molecule has 1 unspecified atom stereocenters. The highest BCUT2D eigenvalue weighted by Crippen LogP contribution is 2.29. The van der Waals surface area contributed by atoms with Crippen molar-refractivity contribution in [2.24, 2.45) is 0 Å². The highest BCUT2D eigenvalue weighted by Gasteiger charge is 2.33. The van der Waals surface area contributed by atoms with Crippen LogP contribution in [-0.2, 0) is 27.3 Å². The Hall–Kier alpha value is -4.44. The van der Waals surface area contributed by atoms with Gasteiger partial charge < -0.3 is 24.4 Å². The molecular formula is C25H27FN8O6S.